The van der Waals surface area contributed by atoms with Crippen LogP contribution >= 0.6 is 0 Å². The van der Waals surface area contributed by atoms with E-state index in [1.165, 1.54) is 13.2 Å². The molecule has 6 heteroatoms. The number of halogens is 1. The number of methoxy groups -OCH3 is 1. The maximum atomic E-state index is 13.2. The maximum absolute atomic E-state index is 13.2. The average molecular weight is 275 g/mol. The van der Waals surface area contributed by atoms with E-state index in [9.17, 15) is 12.8 Å². The molecule has 18 heavy (non-hydrogen) atoms. The fourth-order valence-electron chi connectivity index (χ4n) is 1.68. The van der Waals surface area contributed by atoms with Crippen molar-refractivity contribution in [1.82, 2.24) is 4.72 Å². The minimum Gasteiger partial charge on any atom is -0.495 e. The third-order valence-corrected chi connectivity index (χ3v) is 4.10. The zero-order valence-electron chi connectivity index (χ0n) is 10.7. The van der Waals surface area contributed by atoms with Gasteiger partial charge in [0, 0.05) is 6.04 Å². The second-order valence-electron chi connectivity index (χ2n) is 4.11. The largest absolute Gasteiger partial charge is 0.495 e. The highest BCUT2D eigenvalue weighted by Gasteiger charge is 2.22. The molecule has 0 bridgehead atoms. The Kier molecular flexibility index (Phi) is 5.10. The van der Waals surface area contributed by atoms with Crippen LogP contribution < -0.4 is 9.46 Å². The van der Waals surface area contributed by atoms with Crippen molar-refractivity contribution in [2.24, 2.45) is 0 Å². The average Bonchev–Trinajstić information content (AvgIpc) is 2.28. The van der Waals surface area contributed by atoms with Crippen LogP contribution in [0.25, 0.3) is 0 Å². The standard InChI is InChI=1S/C12H18FNO3S/c1-4-5-9(2)14-18(15,16)12-8-10(13)6-7-11(12)17-3/h6-9,14H,4-5H2,1-3H3. The Morgan fingerprint density at radius 2 is 2.11 bits per heavy atom. The van der Waals surface area contributed by atoms with Crippen LogP contribution in [0.3, 0.4) is 0 Å². The lowest BCUT2D eigenvalue weighted by Crippen LogP contribution is -2.32. The second-order valence-corrected chi connectivity index (χ2v) is 5.79. The number of nitrogens with one attached hydrogen (secondary N) is 1. The Labute approximate surface area is 107 Å². The van der Waals surface area contributed by atoms with Crippen LogP contribution in [-0.4, -0.2) is 21.6 Å². The summed E-state index contributed by atoms with van der Waals surface area (Å²) in [4.78, 5) is -0.173. The third kappa shape index (κ3) is 3.68. The van der Waals surface area contributed by atoms with E-state index >= 15 is 0 Å². The van der Waals surface area contributed by atoms with Gasteiger partial charge in [-0.2, -0.15) is 0 Å². The Morgan fingerprint density at radius 1 is 1.44 bits per heavy atom. The van der Waals surface area contributed by atoms with Crippen molar-refractivity contribution in [3.05, 3.63) is 24.0 Å². The predicted molar refractivity (Wildman–Crippen MR) is 67.6 cm³/mol. The first-order valence-corrected chi connectivity index (χ1v) is 7.25. The van der Waals surface area contributed by atoms with E-state index in [1.807, 2.05) is 6.92 Å². The maximum Gasteiger partial charge on any atom is 0.244 e. The first-order chi connectivity index (χ1) is 8.40. The molecule has 1 aromatic carbocycles. The lowest BCUT2D eigenvalue weighted by molar-refractivity contribution is 0.400. The van der Waals surface area contributed by atoms with Crippen LogP contribution in [0.2, 0.25) is 0 Å². The quantitative estimate of drug-likeness (QED) is 0.866. The molecule has 0 aromatic heterocycles. The van der Waals surface area contributed by atoms with Crippen molar-refractivity contribution in [2.45, 2.75) is 37.6 Å². The van der Waals surface area contributed by atoms with Crippen molar-refractivity contribution in [3.8, 4) is 5.75 Å². The van der Waals surface area contributed by atoms with Gasteiger partial charge in [0.2, 0.25) is 10.0 Å². The summed E-state index contributed by atoms with van der Waals surface area (Å²) in [6, 6.07) is 3.22. The summed E-state index contributed by atoms with van der Waals surface area (Å²) in [5.74, 6) is -0.480. The van der Waals surface area contributed by atoms with Gasteiger partial charge in [-0.15, -0.1) is 0 Å². The van der Waals surface area contributed by atoms with Gasteiger partial charge in [0.1, 0.15) is 16.5 Å². The van der Waals surface area contributed by atoms with E-state index in [-0.39, 0.29) is 16.7 Å². The summed E-state index contributed by atoms with van der Waals surface area (Å²) < 4.78 is 44.8. The van der Waals surface area contributed by atoms with Crippen LogP contribution in [0.15, 0.2) is 23.1 Å². The Bertz CT molecular complexity index is 502. The van der Waals surface area contributed by atoms with E-state index in [4.69, 9.17) is 4.74 Å². The third-order valence-electron chi connectivity index (χ3n) is 2.49. The van der Waals surface area contributed by atoms with E-state index < -0.39 is 15.8 Å². The molecule has 1 unspecified atom stereocenters. The van der Waals surface area contributed by atoms with Gasteiger partial charge < -0.3 is 4.74 Å². The highest BCUT2D eigenvalue weighted by Crippen LogP contribution is 2.24. The molecule has 0 radical (unpaired) electrons. The molecule has 1 rings (SSSR count). The molecule has 1 N–H and O–H groups in total. The highest BCUT2D eigenvalue weighted by atomic mass is 32.2. The van der Waals surface area contributed by atoms with Gasteiger partial charge in [-0.1, -0.05) is 13.3 Å². The summed E-state index contributed by atoms with van der Waals surface area (Å²) in [5, 5.41) is 0. The van der Waals surface area contributed by atoms with Crippen LogP contribution in [0.4, 0.5) is 4.39 Å². The summed E-state index contributed by atoms with van der Waals surface area (Å²) in [6.07, 6.45) is 1.58. The zero-order valence-corrected chi connectivity index (χ0v) is 11.6. The van der Waals surface area contributed by atoms with Crippen molar-refractivity contribution in [2.75, 3.05) is 7.11 Å². The minimum absolute atomic E-state index is 0.132. The molecule has 0 aliphatic carbocycles. The fraction of sp³-hybridized carbons (Fsp3) is 0.500. The Hall–Kier alpha value is -1.14. The van der Waals surface area contributed by atoms with Crippen molar-refractivity contribution in [3.63, 3.8) is 0 Å². The molecular formula is C12H18FNO3S. The molecule has 0 spiro atoms. The fourth-order valence-corrected chi connectivity index (χ4v) is 3.14. The minimum atomic E-state index is -3.76. The van der Waals surface area contributed by atoms with Crippen molar-refractivity contribution < 1.29 is 17.5 Å². The molecule has 0 aliphatic heterocycles. The zero-order chi connectivity index (χ0) is 13.8. The van der Waals surface area contributed by atoms with Gasteiger partial charge in [-0.25, -0.2) is 17.5 Å². The van der Waals surface area contributed by atoms with E-state index in [2.05, 4.69) is 4.72 Å². The monoisotopic (exact) mass is 275 g/mol. The number of ether oxygens (including phenoxy) is 1. The Balaban J connectivity index is 3.07. The number of benzene rings is 1. The summed E-state index contributed by atoms with van der Waals surface area (Å²) >= 11 is 0. The number of hydrogen-bond donors (Lipinski definition) is 1. The number of sulfonamides is 1. The van der Waals surface area contributed by atoms with Crippen molar-refractivity contribution in [1.29, 1.82) is 0 Å². The molecule has 0 fully saturated rings. The summed E-state index contributed by atoms with van der Waals surface area (Å²) in [7, 11) is -2.41. The van der Waals surface area contributed by atoms with Gasteiger partial charge in [0.25, 0.3) is 0 Å². The van der Waals surface area contributed by atoms with Gasteiger partial charge >= 0.3 is 0 Å². The van der Waals surface area contributed by atoms with Crippen LogP contribution in [0.5, 0.6) is 5.75 Å². The molecule has 4 nitrogen and oxygen atoms in total. The van der Waals surface area contributed by atoms with Gasteiger partial charge in [-0.05, 0) is 31.5 Å². The number of hydrogen-bond acceptors (Lipinski definition) is 3. The highest BCUT2D eigenvalue weighted by molar-refractivity contribution is 7.89. The Morgan fingerprint density at radius 3 is 2.67 bits per heavy atom. The molecule has 0 heterocycles. The van der Waals surface area contributed by atoms with Crippen LogP contribution in [0, 0.1) is 5.82 Å². The lowest BCUT2D eigenvalue weighted by atomic mass is 10.2. The van der Waals surface area contributed by atoms with Gasteiger partial charge in [0.05, 0.1) is 7.11 Å². The van der Waals surface area contributed by atoms with E-state index in [0.29, 0.717) is 0 Å². The van der Waals surface area contributed by atoms with E-state index in [1.54, 1.807) is 6.92 Å². The molecule has 0 saturated heterocycles. The lowest BCUT2D eigenvalue weighted by Gasteiger charge is -2.15. The smallest absolute Gasteiger partial charge is 0.244 e. The van der Waals surface area contributed by atoms with E-state index in [0.717, 1.165) is 25.0 Å². The SMILES string of the molecule is CCCC(C)NS(=O)(=O)c1cc(F)ccc1OC. The molecular weight excluding hydrogens is 257 g/mol. The second kappa shape index (κ2) is 6.15. The molecule has 1 aromatic rings. The molecule has 1 atom stereocenters. The topological polar surface area (TPSA) is 55.4 Å². The van der Waals surface area contributed by atoms with Crippen LogP contribution in [-0.2, 0) is 10.0 Å². The summed E-state index contributed by atoms with van der Waals surface area (Å²) in [6.45, 7) is 3.74. The summed E-state index contributed by atoms with van der Waals surface area (Å²) in [5.41, 5.74) is 0. The van der Waals surface area contributed by atoms with Gasteiger partial charge in [-0.3, -0.25) is 0 Å². The molecule has 0 saturated carbocycles. The normalized spacial score (nSPS) is 13.3. The molecule has 102 valence electrons. The first-order valence-electron chi connectivity index (χ1n) is 5.76. The predicted octanol–water partition coefficient (Wildman–Crippen LogP) is 2.30. The molecule has 0 amide bonds. The van der Waals surface area contributed by atoms with Crippen molar-refractivity contribution >= 4 is 10.0 Å². The number of rotatable bonds is 6. The van der Waals surface area contributed by atoms with Crippen LogP contribution in [0.1, 0.15) is 26.7 Å². The first kappa shape index (κ1) is 14.9. The molecule has 0 aliphatic rings. The van der Waals surface area contributed by atoms with Gasteiger partial charge in [0.15, 0.2) is 0 Å².